The highest BCUT2D eigenvalue weighted by atomic mass is 19.1. The second-order valence-electron chi connectivity index (χ2n) is 5.50. The molecule has 1 aromatic rings. The fourth-order valence-corrected chi connectivity index (χ4v) is 1.54. The monoisotopic (exact) mass is 282 g/mol. The van der Waals surface area contributed by atoms with E-state index >= 15 is 0 Å². The van der Waals surface area contributed by atoms with E-state index < -0.39 is 5.60 Å². The molecule has 3 N–H and O–H groups in total. The molecule has 1 unspecified atom stereocenters. The number of aliphatic hydroxyl groups is 1. The molecule has 0 heterocycles. The molecule has 5 heteroatoms. The molecule has 0 aliphatic rings. The molecule has 0 bridgehead atoms. The molecule has 0 aliphatic heterocycles. The Balaban J connectivity index is 2.27. The molecule has 0 saturated carbocycles. The highest BCUT2D eigenvalue weighted by Crippen LogP contribution is 2.14. The van der Waals surface area contributed by atoms with Gasteiger partial charge in [-0.2, -0.15) is 0 Å². The van der Waals surface area contributed by atoms with E-state index in [0.717, 1.165) is 5.56 Å². The van der Waals surface area contributed by atoms with Crippen molar-refractivity contribution in [2.45, 2.75) is 32.8 Å². The Morgan fingerprint density at radius 3 is 2.70 bits per heavy atom. The first-order valence-corrected chi connectivity index (χ1v) is 6.80. The molecule has 0 fully saturated rings. The number of hydrogen-bond acceptors (Lipinski definition) is 2. The molecular formula is C15H23FN2O2. The van der Waals surface area contributed by atoms with Crippen LogP contribution in [0.1, 0.15) is 26.3 Å². The predicted molar refractivity (Wildman–Crippen MR) is 77.0 cm³/mol. The van der Waals surface area contributed by atoms with Crippen LogP contribution in [0, 0.1) is 11.7 Å². The number of halogens is 1. The maximum atomic E-state index is 13.0. The minimum atomic E-state index is -0.931. The van der Waals surface area contributed by atoms with E-state index in [-0.39, 0.29) is 24.3 Å². The molecule has 0 radical (unpaired) electrons. The maximum absolute atomic E-state index is 13.0. The van der Waals surface area contributed by atoms with E-state index in [4.69, 9.17) is 0 Å². The summed E-state index contributed by atoms with van der Waals surface area (Å²) < 4.78 is 13.0. The Kier molecular flexibility index (Phi) is 5.95. The lowest BCUT2D eigenvalue weighted by Crippen LogP contribution is -2.47. The van der Waals surface area contributed by atoms with E-state index in [1.54, 1.807) is 13.0 Å². The lowest BCUT2D eigenvalue weighted by Gasteiger charge is -2.27. The zero-order valence-corrected chi connectivity index (χ0v) is 12.2. The van der Waals surface area contributed by atoms with Gasteiger partial charge >= 0.3 is 6.03 Å². The quantitative estimate of drug-likeness (QED) is 0.748. The molecule has 1 rings (SSSR count). The van der Waals surface area contributed by atoms with Crippen molar-refractivity contribution < 1.29 is 14.3 Å². The van der Waals surface area contributed by atoms with E-state index in [9.17, 15) is 14.3 Å². The largest absolute Gasteiger partial charge is 0.388 e. The number of hydrogen-bond donors (Lipinski definition) is 3. The highest BCUT2D eigenvalue weighted by Gasteiger charge is 2.25. The van der Waals surface area contributed by atoms with Crippen LogP contribution in [-0.4, -0.2) is 29.8 Å². The Bertz CT molecular complexity index is 447. The normalized spacial score (nSPS) is 13.9. The van der Waals surface area contributed by atoms with Crippen LogP contribution in [0.3, 0.4) is 0 Å². The van der Waals surface area contributed by atoms with Crippen molar-refractivity contribution in [3.63, 3.8) is 0 Å². The van der Waals surface area contributed by atoms with Gasteiger partial charge in [0, 0.05) is 13.1 Å². The number of rotatable bonds is 6. The van der Waals surface area contributed by atoms with Gasteiger partial charge in [-0.3, -0.25) is 0 Å². The summed E-state index contributed by atoms with van der Waals surface area (Å²) in [5.74, 6) is -0.227. The molecule has 0 saturated heterocycles. The summed E-state index contributed by atoms with van der Waals surface area (Å²) in [6.45, 7) is 6.08. The average molecular weight is 282 g/mol. The molecule has 2 amide bonds. The van der Waals surface area contributed by atoms with Crippen LogP contribution < -0.4 is 10.6 Å². The summed E-state index contributed by atoms with van der Waals surface area (Å²) >= 11 is 0. The number of nitrogens with one attached hydrogen (secondary N) is 2. The molecule has 20 heavy (non-hydrogen) atoms. The van der Waals surface area contributed by atoms with Crippen LogP contribution in [0.15, 0.2) is 24.3 Å². The lowest BCUT2D eigenvalue weighted by atomic mass is 9.93. The standard InChI is InChI=1S/C15H23FN2O2/c1-11(2)15(3,20)10-18-14(19)17-8-7-12-5-4-6-13(16)9-12/h4-6,9,11,20H,7-8,10H2,1-3H3,(H2,17,18,19). The minimum absolute atomic E-state index is 0.0510. The molecular weight excluding hydrogens is 259 g/mol. The van der Waals surface area contributed by atoms with Crippen LogP contribution in [0.25, 0.3) is 0 Å². The third-order valence-corrected chi connectivity index (χ3v) is 3.44. The van der Waals surface area contributed by atoms with Crippen molar-refractivity contribution in [2.24, 2.45) is 5.92 Å². The fourth-order valence-electron chi connectivity index (χ4n) is 1.54. The van der Waals surface area contributed by atoms with Crippen LogP contribution in [-0.2, 0) is 6.42 Å². The highest BCUT2D eigenvalue weighted by molar-refractivity contribution is 5.73. The smallest absolute Gasteiger partial charge is 0.314 e. The predicted octanol–water partition coefficient (Wildman–Crippen LogP) is 2.07. The van der Waals surface area contributed by atoms with Gasteiger partial charge in [0.05, 0.1) is 5.60 Å². The van der Waals surface area contributed by atoms with Crippen molar-refractivity contribution in [3.8, 4) is 0 Å². The van der Waals surface area contributed by atoms with E-state index in [0.29, 0.717) is 13.0 Å². The van der Waals surface area contributed by atoms with Gasteiger partial charge in [-0.25, -0.2) is 9.18 Å². The lowest BCUT2D eigenvalue weighted by molar-refractivity contribution is 0.0166. The summed E-state index contributed by atoms with van der Waals surface area (Å²) in [6, 6.07) is 5.96. The first-order valence-electron chi connectivity index (χ1n) is 6.80. The summed E-state index contributed by atoms with van der Waals surface area (Å²) in [6.07, 6.45) is 0.561. The molecule has 112 valence electrons. The van der Waals surface area contributed by atoms with Crippen molar-refractivity contribution in [1.82, 2.24) is 10.6 Å². The molecule has 0 aromatic heterocycles. The summed E-state index contributed by atoms with van der Waals surface area (Å²) in [5, 5.41) is 15.3. The van der Waals surface area contributed by atoms with Crippen molar-refractivity contribution in [1.29, 1.82) is 0 Å². The molecule has 1 atom stereocenters. The van der Waals surface area contributed by atoms with E-state index in [2.05, 4.69) is 10.6 Å². The average Bonchev–Trinajstić information content (AvgIpc) is 2.36. The van der Waals surface area contributed by atoms with Gasteiger partial charge in [-0.05, 0) is 37.0 Å². The van der Waals surface area contributed by atoms with Crippen molar-refractivity contribution >= 4 is 6.03 Å². The van der Waals surface area contributed by atoms with Crippen molar-refractivity contribution in [3.05, 3.63) is 35.6 Å². The zero-order chi connectivity index (χ0) is 15.2. The maximum Gasteiger partial charge on any atom is 0.314 e. The van der Waals surface area contributed by atoms with Gasteiger partial charge in [0.2, 0.25) is 0 Å². The fraction of sp³-hybridized carbons (Fsp3) is 0.533. The number of amides is 2. The van der Waals surface area contributed by atoms with Crippen molar-refractivity contribution in [2.75, 3.05) is 13.1 Å². The van der Waals surface area contributed by atoms with Gasteiger partial charge in [0.25, 0.3) is 0 Å². The number of benzene rings is 1. The van der Waals surface area contributed by atoms with Crippen LogP contribution in [0.5, 0.6) is 0 Å². The second kappa shape index (κ2) is 7.24. The first kappa shape index (κ1) is 16.4. The summed E-state index contributed by atoms with van der Waals surface area (Å²) in [4.78, 5) is 11.6. The Labute approximate surface area is 119 Å². The molecule has 0 spiro atoms. The Hall–Kier alpha value is -1.62. The summed E-state index contributed by atoms with van der Waals surface area (Å²) in [5.41, 5.74) is -0.0978. The molecule has 4 nitrogen and oxygen atoms in total. The van der Waals surface area contributed by atoms with E-state index in [1.807, 2.05) is 19.9 Å². The third kappa shape index (κ3) is 5.57. The SMILES string of the molecule is CC(C)C(C)(O)CNC(=O)NCCc1cccc(F)c1. The second-order valence-corrected chi connectivity index (χ2v) is 5.50. The minimum Gasteiger partial charge on any atom is -0.388 e. The van der Waals surface area contributed by atoms with Crippen LogP contribution >= 0.6 is 0 Å². The molecule has 0 aliphatic carbocycles. The summed E-state index contributed by atoms with van der Waals surface area (Å²) in [7, 11) is 0. The topological polar surface area (TPSA) is 61.4 Å². The van der Waals surface area contributed by atoms with Gasteiger partial charge in [0.15, 0.2) is 0 Å². The third-order valence-electron chi connectivity index (χ3n) is 3.44. The zero-order valence-electron chi connectivity index (χ0n) is 12.2. The van der Waals surface area contributed by atoms with E-state index in [1.165, 1.54) is 12.1 Å². The Morgan fingerprint density at radius 2 is 2.10 bits per heavy atom. The van der Waals surface area contributed by atoms with Gasteiger partial charge in [0.1, 0.15) is 5.82 Å². The molecule has 1 aromatic carbocycles. The Morgan fingerprint density at radius 1 is 1.40 bits per heavy atom. The van der Waals surface area contributed by atoms with Gasteiger partial charge in [-0.15, -0.1) is 0 Å². The first-order chi connectivity index (χ1) is 9.31. The van der Waals surface area contributed by atoms with Crippen LogP contribution in [0.4, 0.5) is 9.18 Å². The van der Waals surface area contributed by atoms with Gasteiger partial charge < -0.3 is 15.7 Å². The number of carbonyl (C=O) groups excluding carboxylic acids is 1. The van der Waals surface area contributed by atoms with Crippen LogP contribution in [0.2, 0.25) is 0 Å². The number of carbonyl (C=O) groups is 1. The van der Waals surface area contributed by atoms with Gasteiger partial charge in [-0.1, -0.05) is 26.0 Å². The number of urea groups is 1.